The lowest BCUT2D eigenvalue weighted by atomic mass is 10.0. The Balaban J connectivity index is 1.41. The number of aromatic nitrogens is 6. The Labute approximate surface area is 217 Å². The minimum Gasteiger partial charge on any atom is -0.364 e. The van der Waals surface area contributed by atoms with Gasteiger partial charge in [0.15, 0.2) is 11.5 Å². The van der Waals surface area contributed by atoms with Gasteiger partial charge in [0.1, 0.15) is 23.4 Å². The summed E-state index contributed by atoms with van der Waals surface area (Å²) >= 11 is 3.17. The molecule has 3 N–H and O–H groups in total. The predicted octanol–water partition coefficient (Wildman–Crippen LogP) is 1.72. The molecular weight excluding hydrogens is 549 g/mol. The number of alkyl halides is 1. The molecule has 1 aromatic carbocycles. The van der Waals surface area contributed by atoms with Crippen LogP contribution in [0.3, 0.4) is 0 Å². The maximum absolute atomic E-state index is 14.4. The second-order valence-electron chi connectivity index (χ2n) is 8.34. The van der Waals surface area contributed by atoms with Crippen molar-refractivity contribution in [3.8, 4) is 11.1 Å². The van der Waals surface area contributed by atoms with E-state index >= 15 is 0 Å². The molecule has 0 unspecified atom stereocenters. The third kappa shape index (κ3) is 5.00. The SMILES string of the molecule is NC(=O)c1nn(CC(=O)N2C[C@H](F)C[C@H]2C(=O)Nc2cncc(Br)n2)c2ccc(-c3ccnnc3)cc12. The fourth-order valence-electron chi connectivity index (χ4n) is 4.26. The van der Waals surface area contributed by atoms with E-state index in [0.717, 1.165) is 11.1 Å². The van der Waals surface area contributed by atoms with Gasteiger partial charge in [-0.25, -0.2) is 9.37 Å². The van der Waals surface area contributed by atoms with Crippen LogP contribution in [-0.2, 0) is 16.1 Å². The Morgan fingerprint density at radius 3 is 2.70 bits per heavy atom. The highest BCUT2D eigenvalue weighted by Crippen LogP contribution is 2.27. The number of hydrogen-bond acceptors (Lipinski definition) is 8. The van der Waals surface area contributed by atoms with Gasteiger partial charge in [0.2, 0.25) is 11.8 Å². The molecule has 0 radical (unpaired) electrons. The van der Waals surface area contributed by atoms with E-state index in [4.69, 9.17) is 5.73 Å². The lowest BCUT2D eigenvalue weighted by molar-refractivity contribution is -0.137. The van der Waals surface area contributed by atoms with Gasteiger partial charge in [0.25, 0.3) is 5.91 Å². The number of primary amides is 1. The van der Waals surface area contributed by atoms with Gasteiger partial charge in [-0.15, -0.1) is 0 Å². The molecule has 1 aliphatic heterocycles. The summed E-state index contributed by atoms with van der Waals surface area (Å²) in [5.41, 5.74) is 7.54. The molecule has 1 fully saturated rings. The summed E-state index contributed by atoms with van der Waals surface area (Å²) < 4.78 is 16.1. The van der Waals surface area contributed by atoms with E-state index < -0.39 is 29.9 Å². The molecule has 37 heavy (non-hydrogen) atoms. The number of amides is 3. The second-order valence-corrected chi connectivity index (χ2v) is 9.16. The summed E-state index contributed by atoms with van der Waals surface area (Å²) in [4.78, 5) is 47.4. The highest BCUT2D eigenvalue weighted by atomic mass is 79.9. The number of benzene rings is 1. The van der Waals surface area contributed by atoms with Crippen molar-refractivity contribution in [3.63, 3.8) is 0 Å². The van der Waals surface area contributed by atoms with Gasteiger partial charge >= 0.3 is 0 Å². The Morgan fingerprint density at radius 2 is 1.97 bits per heavy atom. The second kappa shape index (κ2) is 9.97. The van der Waals surface area contributed by atoms with Crippen molar-refractivity contribution in [2.75, 3.05) is 11.9 Å². The number of nitrogens with zero attached hydrogens (tertiary/aromatic N) is 7. The molecule has 1 aliphatic rings. The first-order valence-corrected chi connectivity index (χ1v) is 11.9. The van der Waals surface area contributed by atoms with E-state index in [1.807, 2.05) is 0 Å². The first-order chi connectivity index (χ1) is 17.8. The standard InChI is InChI=1S/C23H19BrFN9O3/c24-18-8-27-9-19(30-18)31-23(37)17-6-14(25)10-33(17)20(35)11-34-16-2-1-12(13-3-4-28-29-7-13)5-15(16)21(32-34)22(26)36/h1-5,7-9,14,17H,6,10-11H2,(H2,26,36)(H,30,31,37)/t14-,17+/m1/s1. The van der Waals surface area contributed by atoms with Crippen LogP contribution in [0.25, 0.3) is 22.0 Å². The molecular formula is C23H19BrFN9O3. The molecule has 12 nitrogen and oxygen atoms in total. The van der Waals surface area contributed by atoms with Gasteiger partial charge in [0, 0.05) is 17.4 Å². The average molecular weight is 568 g/mol. The van der Waals surface area contributed by atoms with Crippen molar-refractivity contribution in [2.45, 2.75) is 25.2 Å². The number of nitrogens with two attached hydrogens (primary N) is 1. The minimum absolute atomic E-state index is 0.0148. The fourth-order valence-corrected chi connectivity index (χ4v) is 4.57. The Kier molecular flexibility index (Phi) is 6.56. The van der Waals surface area contributed by atoms with Gasteiger partial charge in [-0.05, 0) is 39.7 Å². The van der Waals surface area contributed by atoms with E-state index in [1.165, 1.54) is 22.0 Å². The van der Waals surface area contributed by atoms with Gasteiger partial charge in [-0.3, -0.25) is 24.0 Å². The van der Waals surface area contributed by atoms with Crippen LogP contribution in [0.4, 0.5) is 10.2 Å². The first kappa shape index (κ1) is 24.4. The Morgan fingerprint density at radius 1 is 1.14 bits per heavy atom. The molecule has 4 heterocycles. The normalized spacial score (nSPS) is 17.2. The summed E-state index contributed by atoms with van der Waals surface area (Å²) in [5.74, 6) is -1.72. The number of halogens is 2. The van der Waals surface area contributed by atoms with Crippen molar-refractivity contribution in [1.29, 1.82) is 0 Å². The minimum atomic E-state index is -1.37. The summed E-state index contributed by atoms with van der Waals surface area (Å²) in [5, 5.41) is 14.9. The zero-order valence-corrected chi connectivity index (χ0v) is 20.7. The average Bonchev–Trinajstić information content (AvgIpc) is 3.45. The molecule has 188 valence electrons. The van der Waals surface area contributed by atoms with Crippen LogP contribution in [0.5, 0.6) is 0 Å². The van der Waals surface area contributed by atoms with Crippen LogP contribution in [0, 0.1) is 0 Å². The van der Waals surface area contributed by atoms with E-state index in [1.54, 1.807) is 36.7 Å². The molecule has 5 rings (SSSR count). The molecule has 0 bridgehead atoms. The molecule has 0 saturated carbocycles. The summed E-state index contributed by atoms with van der Waals surface area (Å²) in [7, 11) is 0. The Bertz CT molecular complexity index is 1510. The highest BCUT2D eigenvalue weighted by Gasteiger charge is 2.40. The molecule has 14 heteroatoms. The first-order valence-electron chi connectivity index (χ1n) is 11.1. The Hall–Kier alpha value is -4.33. The van der Waals surface area contributed by atoms with Crippen molar-refractivity contribution < 1.29 is 18.8 Å². The summed E-state index contributed by atoms with van der Waals surface area (Å²) in [6.07, 6.45) is 4.37. The van der Waals surface area contributed by atoms with E-state index in [0.29, 0.717) is 15.5 Å². The number of likely N-dealkylation sites (tertiary alicyclic amines) is 1. The van der Waals surface area contributed by atoms with E-state index in [9.17, 15) is 18.8 Å². The molecule has 3 amide bonds. The molecule has 2 atom stereocenters. The van der Waals surface area contributed by atoms with Gasteiger partial charge < -0.3 is 16.0 Å². The number of nitrogens with one attached hydrogen (secondary N) is 1. The van der Waals surface area contributed by atoms with Crippen LogP contribution in [0.15, 0.2) is 53.7 Å². The number of carbonyl (C=O) groups excluding carboxylic acids is 3. The lowest BCUT2D eigenvalue weighted by Gasteiger charge is -2.23. The monoisotopic (exact) mass is 567 g/mol. The van der Waals surface area contributed by atoms with Crippen LogP contribution in [-0.4, -0.2) is 71.3 Å². The van der Waals surface area contributed by atoms with Crippen LogP contribution >= 0.6 is 15.9 Å². The number of hydrogen-bond donors (Lipinski definition) is 2. The van der Waals surface area contributed by atoms with Crippen molar-refractivity contribution in [3.05, 3.63) is 59.3 Å². The lowest BCUT2D eigenvalue weighted by Crippen LogP contribution is -2.44. The van der Waals surface area contributed by atoms with Gasteiger partial charge in [-0.1, -0.05) is 6.07 Å². The topological polar surface area (TPSA) is 162 Å². The third-order valence-electron chi connectivity index (χ3n) is 5.92. The number of fused-ring (bicyclic) bond motifs is 1. The molecule has 4 aromatic rings. The maximum atomic E-state index is 14.4. The number of rotatable bonds is 6. The van der Waals surface area contributed by atoms with Crippen molar-refractivity contribution in [1.82, 2.24) is 34.8 Å². The molecule has 3 aromatic heterocycles. The van der Waals surface area contributed by atoms with E-state index in [2.05, 4.69) is 46.5 Å². The van der Waals surface area contributed by atoms with Crippen molar-refractivity contribution >= 4 is 50.4 Å². The zero-order valence-electron chi connectivity index (χ0n) is 19.1. The van der Waals surface area contributed by atoms with E-state index in [-0.39, 0.29) is 31.0 Å². The summed E-state index contributed by atoms with van der Waals surface area (Å²) in [6, 6.07) is 5.93. The highest BCUT2D eigenvalue weighted by molar-refractivity contribution is 9.10. The largest absolute Gasteiger partial charge is 0.364 e. The molecule has 1 saturated heterocycles. The maximum Gasteiger partial charge on any atom is 0.269 e. The predicted molar refractivity (Wildman–Crippen MR) is 133 cm³/mol. The molecule has 0 aliphatic carbocycles. The van der Waals surface area contributed by atoms with Crippen LogP contribution < -0.4 is 11.1 Å². The number of carbonyl (C=O) groups is 3. The quantitative estimate of drug-likeness (QED) is 0.355. The fraction of sp³-hybridized carbons (Fsp3) is 0.217. The number of anilines is 1. The van der Waals surface area contributed by atoms with Crippen LogP contribution in [0.2, 0.25) is 0 Å². The van der Waals surface area contributed by atoms with Crippen LogP contribution in [0.1, 0.15) is 16.9 Å². The molecule has 0 spiro atoms. The summed E-state index contributed by atoms with van der Waals surface area (Å²) in [6.45, 7) is -0.574. The smallest absolute Gasteiger partial charge is 0.269 e. The van der Waals surface area contributed by atoms with Gasteiger partial charge in [0.05, 0.1) is 36.8 Å². The zero-order chi connectivity index (χ0) is 26.1. The van der Waals surface area contributed by atoms with Gasteiger partial charge in [-0.2, -0.15) is 15.3 Å². The third-order valence-corrected chi connectivity index (χ3v) is 6.30. The van der Waals surface area contributed by atoms with Crippen molar-refractivity contribution in [2.24, 2.45) is 5.73 Å².